The summed E-state index contributed by atoms with van der Waals surface area (Å²) in [4.78, 5) is 16.5. The van der Waals surface area contributed by atoms with Crippen molar-refractivity contribution in [2.75, 3.05) is 0 Å². The first-order valence-corrected chi connectivity index (χ1v) is 7.57. The first-order chi connectivity index (χ1) is 8.66. The summed E-state index contributed by atoms with van der Waals surface area (Å²) >= 11 is 1.58. The van der Waals surface area contributed by atoms with Gasteiger partial charge in [0.15, 0.2) is 0 Å². The van der Waals surface area contributed by atoms with Gasteiger partial charge in [0.1, 0.15) is 5.01 Å². The summed E-state index contributed by atoms with van der Waals surface area (Å²) in [7, 11) is 0. The normalized spacial score (nSPS) is 15.1. The molecule has 0 aromatic carbocycles. The average molecular weight is 283 g/mol. The van der Waals surface area contributed by atoms with Crippen LogP contribution in [0.25, 0.3) is 0 Å². The van der Waals surface area contributed by atoms with E-state index in [0.717, 1.165) is 17.1 Å². The zero-order valence-corrected chi connectivity index (χ0v) is 13.4. The van der Waals surface area contributed by atoms with Gasteiger partial charge in [0.05, 0.1) is 17.8 Å². The van der Waals surface area contributed by atoms with Gasteiger partial charge in [-0.05, 0) is 13.3 Å². The van der Waals surface area contributed by atoms with Crippen molar-refractivity contribution in [2.45, 2.75) is 65.0 Å². The van der Waals surface area contributed by atoms with Crippen molar-refractivity contribution >= 4 is 17.2 Å². The molecule has 0 bridgehead atoms. The lowest BCUT2D eigenvalue weighted by atomic mass is 9.93. The number of thiazole rings is 1. The molecule has 5 heteroatoms. The molecule has 0 aliphatic carbocycles. The summed E-state index contributed by atoms with van der Waals surface area (Å²) in [6.07, 6.45) is 1.58. The number of nitrogens with one attached hydrogen (secondary N) is 1. The number of nitrogens with zero attached hydrogens (tertiary/aromatic N) is 1. The second kappa shape index (κ2) is 6.01. The van der Waals surface area contributed by atoms with Crippen LogP contribution in [0.3, 0.4) is 0 Å². The molecule has 3 N–H and O–H groups in total. The molecule has 0 radical (unpaired) electrons. The van der Waals surface area contributed by atoms with E-state index in [1.807, 2.05) is 6.92 Å². The molecular formula is C14H25N3OS. The highest BCUT2D eigenvalue weighted by atomic mass is 32.1. The van der Waals surface area contributed by atoms with Crippen molar-refractivity contribution < 1.29 is 4.79 Å². The predicted molar refractivity (Wildman–Crippen MR) is 80.2 cm³/mol. The summed E-state index contributed by atoms with van der Waals surface area (Å²) in [5, 5.41) is 5.85. The number of hydrogen-bond donors (Lipinski definition) is 2. The van der Waals surface area contributed by atoms with Crippen LogP contribution in [0.5, 0.6) is 0 Å². The zero-order chi connectivity index (χ0) is 14.7. The number of nitrogens with two attached hydrogens (primary N) is 1. The van der Waals surface area contributed by atoms with Crippen molar-refractivity contribution in [3.8, 4) is 0 Å². The Hall–Kier alpha value is -0.940. The van der Waals surface area contributed by atoms with Gasteiger partial charge < -0.3 is 11.1 Å². The number of carbonyl (C=O) groups excluding carboxylic acids is 1. The van der Waals surface area contributed by atoms with E-state index in [1.165, 1.54) is 0 Å². The highest BCUT2D eigenvalue weighted by Crippen LogP contribution is 2.23. The molecule has 1 aromatic heterocycles. The smallest absolute Gasteiger partial charge is 0.240 e. The standard InChI is InChI=1S/C14H25N3OS/c1-6-7-14(5,15)12(18)16-8-11-17-10(9-19-11)13(2,3)4/h9H,6-8,15H2,1-5H3,(H,16,18). The lowest BCUT2D eigenvalue weighted by molar-refractivity contribution is -0.126. The van der Waals surface area contributed by atoms with Gasteiger partial charge >= 0.3 is 0 Å². The molecule has 0 spiro atoms. The zero-order valence-electron chi connectivity index (χ0n) is 12.5. The van der Waals surface area contributed by atoms with Crippen LogP contribution >= 0.6 is 11.3 Å². The van der Waals surface area contributed by atoms with E-state index in [0.29, 0.717) is 13.0 Å². The minimum absolute atomic E-state index is 0.0450. The number of aromatic nitrogens is 1. The van der Waals surface area contributed by atoms with Gasteiger partial charge in [0.2, 0.25) is 5.91 Å². The van der Waals surface area contributed by atoms with E-state index in [9.17, 15) is 4.79 Å². The van der Waals surface area contributed by atoms with Gasteiger partial charge in [0, 0.05) is 10.8 Å². The minimum Gasteiger partial charge on any atom is -0.348 e. The van der Waals surface area contributed by atoms with Gasteiger partial charge in [-0.3, -0.25) is 4.79 Å². The van der Waals surface area contributed by atoms with E-state index < -0.39 is 5.54 Å². The van der Waals surface area contributed by atoms with Crippen molar-refractivity contribution in [3.05, 3.63) is 16.1 Å². The molecule has 0 saturated heterocycles. The van der Waals surface area contributed by atoms with Gasteiger partial charge in [-0.2, -0.15) is 0 Å². The Morgan fingerprint density at radius 1 is 1.42 bits per heavy atom. The van der Waals surface area contributed by atoms with Crippen LogP contribution in [-0.4, -0.2) is 16.4 Å². The first kappa shape index (κ1) is 16.1. The lowest BCUT2D eigenvalue weighted by Gasteiger charge is -2.22. The summed E-state index contributed by atoms with van der Waals surface area (Å²) in [6.45, 7) is 10.6. The minimum atomic E-state index is -0.793. The highest BCUT2D eigenvalue weighted by Gasteiger charge is 2.27. The van der Waals surface area contributed by atoms with Gasteiger partial charge in [-0.1, -0.05) is 34.1 Å². The van der Waals surface area contributed by atoms with Crippen molar-refractivity contribution in [1.82, 2.24) is 10.3 Å². The largest absolute Gasteiger partial charge is 0.348 e. The number of amides is 1. The summed E-state index contributed by atoms with van der Waals surface area (Å²) < 4.78 is 0. The summed E-state index contributed by atoms with van der Waals surface area (Å²) in [5.74, 6) is -0.109. The Bertz CT molecular complexity index is 432. The molecule has 0 aliphatic heterocycles. The SMILES string of the molecule is CCCC(C)(N)C(=O)NCc1nc(C(C)(C)C)cs1. The van der Waals surface area contributed by atoms with Crippen LogP contribution in [0.15, 0.2) is 5.38 Å². The fourth-order valence-electron chi connectivity index (χ4n) is 1.73. The van der Waals surface area contributed by atoms with Gasteiger partial charge in [0.25, 0.3) is 0 Å². The molecule has 0 fully saturated rings. The molecule has 1 atom stereocenters. The van der Waals surface area contributed by atoms with Crippen molar-refractivity contribution in [1.29, 1.82) is 0 Å². The topological polar surface area (TPSA) is 68.0 Å². The predicted octanol–water partition coefficient (Wildman–Crippen LogP) is 2.57. The van der Waals surface area contributed by atoms with E-state index in [-0.39, 0.29) is 11.3 Å². The van der Waals surface area contributed by atoms with Crippen LogP contribution in [0.1, 0.15) is 58.2 Å². The quantitative estimate of drug-likeness (QED) is 0.872. The molecule has 0 saturated carbocycles. The van der Waals surface area contributed by atoms with Crippen molar-refractivity contribution in [2.24, 2.45) is 5.73 Å². The van der Waals surface area contributed by atoms with E-state index in [2.05, 4.69) is 36.5 Å². The fourth-order valence-corrected chi connectivity index (χ4v) is 2.69. The summed E-state index contributed by atoms with van der Waals surface area (Å²) in [5.41, 5.74) is 6.29. The molecule has 4 nitrogen and oxygen atoms in total. The van der Waals surface area contributed by atoms with Gasteiger partial charge in [-0.15, -0.1) is 11.3 Å². The maximum Gasteiger partial charge on any atom is 0.240 e. The van der Waals surface area contributed by atoms with Crippen LogP contribution < -0.4 is 11.1 Å². The van der Waals surface area contributed by atoms with Crippen molar-refractivity contribution in [3.63, 3.8) is 0 Å². The second-order valence-electron chi connectivity index (χ2n) is 6.23. The average Bonchev–Trinajstić information content (AvgIpc) is 2.73. The van der Waals surface area contributed by atoms with E-state index in [1.54, 1.807) is 18.3 Å². The Balaban J connectivity index is 2.58. The Morgan fingerprint density at radius 3 is 2.53 bits per heavy atom. The van der Waals surface area contributed by atoms with Crippen LogP contribution in [0, 0.1) is 0 Å². The molecule has 1 heterocycles. The molecule has 0 aliphatic rings. The molecule has 108 valence electrons. The van der Waals surface area contributed by atoms with Crippen LogP contribution in [0.2, 0.25) is 0 Å². The van der Waals surface area contributed by atoms with Crippen LogP contribution in [-0.2, 0) is 16.8 Å². The maximum absolute atomic E-state index is 12.0. The van der Waals surface area contributed by atoms with Crippen LogP contribution in [0.4, 0.5) is 0 Å². The highest BCUT2D eigenvalue weighted by molar-refractivity contribution is 7.09. The molecule has 1 unspecified atom stereocenters. The lowest BCUT2D eigenvalue weighted by Crippen LogP contribution is -2.51. The Labute approximate surface area is 119 Å². The number of hydrogen-bond acceptors (Lipinski definition) is 4. The molecule has 19 heavy (non-hydrogen) atoms. The maximum atomic E-state index is 12.0. The Kier molecular flexibility index (Phi) is 5.10. The third-order valence-corrected chi connectivity index (χ3v) is 3.86. The Morgan fingerprint density at radius 2 is 2.05 bits per heavy atom. The third-order valence-electron chi connectivity index (χ3n) is 3.01. The third kappa shape index (κ3) is 4.58. The second-order valence-corrected chi connectivity index (χ2v) is 7.17. The fraction of sp³-hybridized carbons (Fsp3) is 0.714. The molecule has 1 amide bonds. The number of rotatable bonds is 5. The first-order valence-electron chi connectivity index (χ1n) is 6.69. The molecular weight excluding hydrogens is 258 g/mol. The molecule has 1 aromatic rings. The number of carbonyl (C=O) groups is 1. The molecule has 1 rings (SSSR count). The van der Waals surface area contributed by atoms with Gasteiger partial charge in [-0.25, -0.2) is 4.98 Å². The van der Waals surface area contributed by atoms with E-state index in [4.69, 9.17) is 5.73 Å². The summed E-state index contributed by atoms with van der Waals surface area (Å²) in [6, 6.07) is 0. The monoisotopic (exact) mass is 283 g/mol. The van der Waals surface area contributed by atoms with E-state index >= 15 is 0 Å².